The fraction of sp³-hybridized carbons (Fsp3) is 0.474. The summed E-state index contributed by atoms with van der Waals surface area (Å²) in [5.41, 5.74) is 0.907. The predicted octanol–water partition coefficient (Wildman–Crippen LogP) is 2.00. The van der Waals surface area contributed by atoms with Crippen molar-refractivity contribution in [2.45, 2.75) is 32.4 Å². The van der Waals surface area contributed by atoms with Crippen molar-refractivity contribution in [1.82, 2.24) is 14.8 Å². The van der Waals surface area contributed by atoms with Gasteiger partial charge < -0.3 is 14.4 Å². The second-order valence-electron chi connectivity index (χ2n) is 6.98. The zero-order valence-electron chi connectivity index (χ0n) is 15.0. The van der Waals surface area contributed by atoms with E-state index in [9.17, 15) is 9.90 Å². The number of hydrogen-bond acceptors (Lipinski definition) is 5. The van der Waals surface area contributed by atoms with Gasteiger partial charge in [-0.05, 0) is 18.9 Å². The monoisotopic (exact) mass is 343 g/mol. The van der Waals surface area contributed by atoms with Gasteiger partial charge in [-0.15, -0.1) is 0 Å². The maximum atomic E-state index is 12.5. The molecule has 1 amide bonds. The lowest BCUT2D eigenvalue weighted by Gasteiger charge is -2.28. The van der Waals surface area contributed by atoms with Crippen molar-refractivity contribution in [2.75, 3.05) is 26.7 Å². The zero-order chi connectivity index (χ0) is 18.0. The lowest BCUT2D eigenvalue weighted by molar-refractivity contribution is 0.0159. The van der Waals surface area contributed by atoms with Crippen LogP contribution in [0.15, 0.2) is 34.7 Å². The number of aromatic nitrogens is 1. The van der Waals surface area contributed by atoms with Crippen molar-refractivity contribution in [2.24, 2.45) is 0 Å². The van der Waals surface area contributed by atoms with Gasteiger partial charge in [0.2, 0.25) is 5.76 Å². The summed E-state index contributed by atoms with van der Waals surface area (Å²) in [5.74, 6) is 0.485. The molecule has 1 aliphatic rings. The van der Waals surface area contributed by atoms with Gasteiger partial charge in [-0.1, -0.05) is 30.3 Å². The summed E-state index contributed by atoms with van der Waals surface area (Å²) in [4.78, 5) is 20.4. The number of rotatable bonds is 5. The molecule has 3 rings (SSSR count). The van der Waals surface area contributed by atoms with Crippen molar-refractivity contribution >= 4 is 5.91 Å². The highest BCUT2D eigenvalue weighted by Crippen LogP contribution is 2.24. The summed E-state index contributed by atoms with van der Waals surface area (Å²) in [7, 11) is 1.69. The summed E-state index contributed by atoms with van der Waals surface area (Å²) in [5, 5.41) is 10.9. The Morgan fingerprint density at radius 1 is 1.36 bits per heavy atom. The number of carbonyl (C=O) groups excluding carboxylic acids is 1. The van der Waals surface area contributed by atoms with Gasteiger partial charge in [-0.3, -0.25) is 9.69 Å². The van der Waals surface area contributed by atoms with Crippen LogP contribution in [-0.4, -0.2) is 58.1 Å². The average Bonchev–Trinajstić information content (AvgIpc) is 3.09. The maximum absolute atomic E-state index is 12.5. The van der Waals surface area contributed by atoms with Crippen LogP contribution in [0.3, 0.4) is 0 Å². The molecule has 25 heavy (non-hydrogen) atoms. The lowest BCUT2D eigenvalue weighted by Crippen LogP contribution is -2.45. The molecule has 1 atom stereocenters. The quantitative estimate of drug-likeness (QED) is 0.899. The van der Waals surface area contributed by atoms with Crippen LogP contribution >= 0.6 is 0 Å². The highest BCUT2D eigenvalue weighted by Gasteiger charge is 2.38. The van der Waals surface area contributed by atoms with Gasteiger partial charge in [0.15, 0.2) is 5.89 Å². The normalized spacial score (nSPS) is 20.8. The molecular weight excluding hydrogens is 318 g/mol. The third kappa shape index (κ3) is 4.08. The van der Waals surface area contributed by atoms with Crippen molar-refractivity contribution in [3.63, 3.8) is 0 Å². The fourth-order valence-electron chi connectivity index (χ4n) is 3.46. The van der Waals surface area contributed by atoms with Crippen LogP contribution < -0.4 is 0 Å². The molecular formula is C19H25N3O3. The largest absolute Gasteiger partial charge is 0.436 e. The highest BCUT2D eigenvalue weighted by atomic mass is 16.4. The number of oxazole rings is 1. The minimum absolute atomic E-state index is 0.243. The minimum Gasteiger partial charge on any atom is -0.436 e. The third-order valence-electron chi connectivity index (χ3n) is 4.64. The van der Waals surface area contributed by atoms with E-state index >= 15 is 0 Å². The predicted molar refractivity (Wildman–Crippen MR) is 94.2 cm³/mol. The molecule has 0 spiro atoms. The van der Waals surface area contributed by atoms with Crippen LogP contribution in [0.2, 0.25) is 0 Å². The van der Waals surface area contributed by atoms with Crippen molar-refractivity contribution in [3.8, 4) is 0 Å². The Morgan fingerprint density at radius 2 is 2.08 bits per heavy atom. The lowest BCUT2D eigenvalue weighted by atomic mass is 10.0. The Kier molecular flexibility index (Phi) is 4.92. The second-order valence-corrected chi connectivity index (χ2v) is 6.98. The molecule has 2 heterocycles. The smallest absolute Gasteiger partial charge is 0.291 e. The number of β-amino-alcohol motifs (C(OH)–C–C–N with tert-alkyl or cyclic N) is 1. The van der Waals surface area contributed by atoms with Gasteiger partial charge in [0.1, 0.15) is 0 Å². The van der Waals surface area contributed by atoms with Crippen LogP contribution in [0.1, 0.15) is 34.1 Å². The van der Waals surface area contributed by atoms with Gasteiger partial charge in [-0.2, -0.15) is 0 Å². The molecule has 1 aromatic carbocycles. The molecule has 0 radical (unpaired) electrons. The molecule has 1 aliphatic heterocycles. The van der Waals surface area contributed by atoms with Crippen LogP contribution in [0.4, 0.5) is 0 Å². The minimum atomic E-state index is -0.901. The van der Waals surface area contributed by atoms with Crippen molar-refractivity contribution in [3.05, 3.63) is 53.2 Å². The van der Waals surface area contributed by atoms with Gasteiger partial charge in [0, 0.05) is 33.6 Å². The Balaban J connectivity index is 1.60. The Morgan fingerprint density at radius 3 is 2.72 bits per heavy atom. The molecule has 0 aliphatic carbocycles. The van der Waals surface area contributed by atoms with Gasteiger partial charge >= 0.3 is 0 Å². The number of amides is 1. The molecule has 1 aromatic heterocycles. The van der Waals surface area contributed by atoms with Crippen LogP contribution in [0.5, 0.6) is 0 Å². The standard InChI is InChI=1S/C19H25N3O3/c1-14-17(25-15(2)20-14)18(23)21(3)12-19(24)9-10-22(13-19)11-16-7-5-4-6-8-16/h4-8,24H,9-13H2,1-3H3/t19-/m0/s1. The van der Waals surface area contributed by atoms with E-state index in [2.05, 4.69) is 22.0 Å². The first-order valence-corrected chi connectivity index (χ1v) is 8.54. The highest BCUT2D eigenvalue weighted by molar-refractivity contribution is 5.92. The number of likely N-dealkylation sites (N-methyl/N-ethyl adjacent to an activating group) is 1. The SMILES string of the molecule is Cc1nc(C)c(C(=O)N(C)C[C@@]2(O)CCN(Cc3ccccc3)C2)o1. The Labute approximate surface area is 148 Å². The molecule has 134 valence electrons. The fourth-order valence-corrected chi connectivity index (χ4v) is 3.46. The zero-order valence-corrected chi connectivity index (χ0v) is 15.0. The number of carbonyl (C=O) groups is 1. The topological polar surface area (TPSA) is 69.8 Å². The number of aliphatic hydroxyl groups is 1. The number of nitrogens with zero attached hydrogens (tertiary/aromatic N) is 3. The van der Waals surface area contributed by atoms with Gasteiger partial charge in [-0.25, -0.2) is 4.98 Å². The van der Waals surface area contributed by atoms with Crippen LogP contribution in [0.25, 0.3) is 0 Å². The molecule has 6 heteroatoms. The molecule has 1 saturated heterocycles. The Hall–Kier alpha value is -2.18. The van der Waals surface area contributed by atoms with E-state index in [-0.39, 0.29) is 18.2 Å². The maximum Gasteiger partial charge on any atom is 0.291 e. The summed E-state index contributed by atoms with van der Waals surface area (Å²) in [6, 6.07) is 10.2. The number of aryl methyl sites for hydroxylation is 2. The van der Waals surface area contributed by atoms with E-state index in [1.54, 1.807) is 20.9 Å². The van der Waals surface area contributed by atoms with E-state index in [1.165, 1.54) is 10.5 Å². The molecule has 1 fully saturated rings. The molecule has 0 unspecified atom stereocenters. The first kappa shape index (κ1) is 17.6. The van der Waals surface area contributed by atoms with Gasteiger partial charge in [0.05, 0.1) is 17.8 Å². The summed E-state index contributed by atoms with van der Waals surface area (Å²) in [6.07, 6.45) is 0.645. The summed E-state index contributed by atoms with van der Waals surface area (Å²) < 4.78 is 5.40. The average molecular weight is 343 g/mol. The van der Waals surface area contributed by atoms with E-state index in [4.69, 9.17) is 4.42 Å². The van der Waals surface area contributed by atoms with Crippen molar-refractivity contribution < 1.29 is 14.3 Å². The van der Waals surface area contributed by atoms with Crippen LogP contribution in [0, 0.1) is 13.8 Å². The van der Waals surface area contributed by atoms with E-state index in [1.807, 2.05) is 18.2 Å². The molecule has 0 saturated carbocycles. The van der Waals surface area contributed by atoms with Crippen LogP contribution in [-0.2, 0) is 6.54 Å². The van der Waals surface area contributed by atoms with E-state index in [0.717, 1.165) is 13.1 Å². The third-order valence-corrected chi connectivity index (χ3v) is 4.64. The molecule has 2 aromatic rings. The first-order valence-electron chi connectivity index (χ1n) is 8.54. The number of likely N-dealkylation sites (tertiary alicyclic amines) is 1. The van der Waals surface area contributed by atoms with E-state index < -0.39 is 5.60 Å². The van der Waals surface area contributed by atoms with E-state index in [0.29, 0.717) is 24.6 Å². The Bertz CT molecular complexity index is 744. The summed E-state index contributed by atoms with van der Waals surface area (Å²) in [6.45, 7) is 5.92. The van der Waals surface area contributed by atoms with Gasteiger partial charge in [0.25, 0.3) is 5.91 Å². The molecule has 1 N–H and O–H groups in total. The van der Waals surface area contributed by atoms with Crippen molar-refractivity contribution in [1.29, 1.82) is 0 Å². The second kappa shape index (κ2) is 6.98. The first-order chi connectivity index (χ1) is 11.9. The molecule has 0 bridgehead atoms. The summed E-state index contributed by atoms with van der Waals surface area (Å²) >= 11 is 0. The number of benzene rings is 1. The molecule has 6 nitrogen and oxygen atoms in total. The number of hydrogen-bond donors (Lipinski definition) is 1.